The molecule has 3 aromatic rings. The van der Waals surface area contributed by atoms with E-state index in [1.807, 2.05) is 48.2 Å². The van der Waals surface area contributed by atoms with Crippen LogP contribution in [-0.2, 0) is 11.2 Å². The molecule has 1 saturated heterocycles. The highest BCUT2D eigenvalue weighted by Crippen LogP contribution is 2.38. The molecule has 0 radical (unpaired) electrons. The number of rotatable bonds is 3. The van der Waals surface area contributed by atoms with Gasteiger partial charge < -0.3 is 19.7 Å². The van der Waals surface area contributed by atoms with Crippen molar-refractivity contribution in [3.05, 3.63) is 65.5 Å². The quantitative estimate of drug-likeness (QED) is 0.546. The van der Waals surface area contributed by atoms with Crippen LogP contribution in [0.25, 0.3) is 5.69 Å². The first-order valence-corrected chi connectivity index (χ1v) is 13.9. The molecule has 2 aliphatic rings. The zero-order valence-electron chi connectivity index (χ0n) is 22.8. The fourth-order valence-corrected chi connectivity index (χ4v) is 5.71. The maximum absolute atomic E-state index is 13.5. The van der Waals surface area contributed by atoms with Crippen molar-refractivity contribution in [2.75, 3.05) is 33.4 Å². The molecule has 0 unspecified atom stereocenters. The molecule has 9 nitrogen and oxygen atoms in total. The third-order valence-electron chi connectivity index (χ3n) is 8.09. The van der Waals surface area contributed by atoms with Gasteiger partial charge in [-0.15, -0.1) is 5.10 Å². The Hall–Kier alpha value is -3.88. The number of hydrogen-bond acceptors (Lipinski definition) is 6. The number of hydrogen-bond donors (Lipinski definition) is 1. The number of ether oxygens (including phenoxy) is 2. The summed E-state index contributed by atoms with van der Waals surface area (Å²) < 4.78 is 13.1. The van der Waals surface area contributed by atoms with Crippen LogP contribution in [0.15, 0.2) is 48.5 Å². The van der Waals surface area contributed by atoms with E-state index in [1.54, 1.807) is 11.8 Å². The van der Waals surface area contributed by atoms with Gasteiger partial charge in [-0.05, 0) is 69.2 Å². The van der Waals surface area contributed by atoms with E-state index in [-0.39, 0.29) is 11.8 Å². The summed E-state index contributed by atoms with van der Waals surface area (Å²) in [6.07, 6.45) is 5.70. The topological polar surface area (TPSA) is 98.6 Å². The second kappa shape index (κ2) is 11.9. The Kier molecular flexibility index (Phi) is 8.14. The van der Waals surface area contributed by atoms with Gasteiger partial charge in [-0.3, -0.25) is 9.59 Å². The van der Waals surface area contributed by atoms with Gasteiger partial charge in [0.15, 0.2) is 5.69 Å². The molecule has 0 atom stereocenters. The highest BCUT2D eigenvalue weighted by atomic mass is 16.5. The lowest BCUT2D eigenvalue weighted by atomic mass is 9.73. The molecule has 2 amide bonds. The van der Waals surface area contributed by atoms with Crippen LogP contribution in [0, 0.1) is 12.3 Å². The lowest BCUT2D eigenvalue weighted by Crippen LogP contribution is -2.50. The highest BCUT2D eigenvalue weighted by molar-refractivity contribution is 5.93. The van der Waals surface area contributed by atoms with Crippen LogP contribution < -0.4 is 14.8 Å². The molecule has 206 valence electrons. The first-order chi connectivity index (χ1) is 19.0. The average molecular weight is 532 g/mol. The lowest BCUT2D eigenvalue weighted by molar-refractivity contribution is -0.134. The van der Waals surface area contributed by atoms with Gasteiger partial charge in [0.05, 0.1) is 24.8 Å². The Morgan fingerprint density at radius 3 is 2.62 bits per heavy atom. The first-order valence-electron chi connectivity index (χ1n) is 13.9. The Bertz CT molecular complexity index is 1310. The maximum atomic E-state index is 13.5. The molecule has 2 aromatic carbocycles. The predicted molar refractivity (Wildman–Crippen MR) is 147 cm³/mol. The zero-order valence-corrected chi connectivity index (χ0v) is 22.8. The van der Waals surface area contributed by atoms with Crippen LogP contribution in [0.5, 0.6) is 11.5 Å². The number of carbonyl (C=O) groups is 2. The second-order valence-electron chi connectivity index (χ2n) is 10.5. The highest BCUT2D eigenvalue weighted by Gasteiger charge is 2.42. The molecule has 1 spiro atoms. The largest absolute Gasteiger partial charge is 0.494 e. The molecule has 5 rings (SSSR count). The summed E-state index contributed by atoms with van der Waals surface area (Å²) in [5.74, 6) is 1.55. The minimum absolute atomic E-state index is 0.102. The summed E-state index contributed by atoms with van der Waals surface area (Å²) in [5.41, 5.74) is 2.48. The van der Waals surface area contributed by atoms with E-state index in [0.717, 1.165) is 43.5 Å². The third-order valence-corrected chi connectivity index (χ3v) is 8.09. The van der Waals surface area contributed by atoms with Gasteiger partial charge in [0.2, 0.25) is 5.91 Å². The van der Waals surface area contributed by atoms with Crippen LogP contribution in [0.4, 0.5) is 0 Å². The number of likely N-dealkylation sites (tertiary alicyclic amines) is 1. The number of benzene rings is 2. The van der Waals surface area contributed by atoms with Crippen molar-refractivity contribution in [1.29, 1.82) is 0 Å². The minimum Gasteiger partial charge on any atom is -0.494 e. The molecule has 9 heteroatoms. The number of nitrogens with zero attached hydrogens (tertiary/aromatic N) is 4. The third kappa shape index (κ3) is 5.62. The van der Waals surface area contributed by atoms with Crippen molar-refractivity contribution in [2.45, 2.75) is 51.9 Å². The van der Waals surface area contributed by atoms with Crippen LogP contribution in [0.3, 0.4) is 0 Å². The minimum atomic E-state index is -0.463. The van der Waals surface area contributed by atoms with E-state index >= 15 is 0 Å². The Balaban J connectivity index is 1.27. The molecule has 1 fully saturated rings. The number of para-hydroxylation sites is 3. The standard InChI is InChI=1S/C30H37N5O4/c1-22-27(32-33-35(22)24-12-4-6-14-26(24)38-2)28(36)34-19-16-30(17-20-34)15-8-7-11-23-10-3-5-13-25(23)39-21-9-18-31-29(30)37/h3-6,10,12-14H,7-9,11,15-21H2,1-2H3,(H,31,37). The molecule has 1 N–H and O–H groups in total. The number of piperidine rings is 1. The summed E-state index contributed by atoms with van der Waals surface area (Å²) in [7, 11) is 1.60. The van der Waals surface area contributed by atoms with Crippen molar-refractivity contribution < 1.29 is 19.1 Å². The van der Waals surface area contributed by atoms with E-state index in [1.165, 1.54) is 5.56 Å². The molecule has 3 heterocycles. The Labute approximate surface area is 229 Å². The van der Waals surface area contributed by atoms with Crippen LogP contribution in [0.1, 0.15) is 60.3 Å². The van der Waals surface area contributed by atoms with Crippen LogP contribution >= 0.6 is 0 Å². The van der Waals surface area contributed by atoms with Gasteiger partial charge in [-0.2, -0.15) is 0 Å². The zero-order chi connectivity index (χ0) is 27.2. The summed E-state index contributed by atoms with van der Waals surface area (Å²) >= 11 is 0. The van der Waals surface area contributed by atoms with E-state index < -0.39 is 5.41 Å². The fraction of sp³-hybridized carbons (Fsp3) is 0.467. The van der Waals surface area contributed by atoms with Crippen LogP contribution in [0.2, 0.25) is 0 Å². The van der Waals surface area contributed by atoms with Crippen molar-refractivity contribution in [3.8, 4) is 17.2 Å². The number of aryl methyl sites for hydroxylation is 1. The van der Waals surface area contributed by atoms with Gasteiger partial charge >= 0.3 is 0 Å². The first kappa shape index (κ1) is 26.7. The molecule has 0 aliphatic carbocycles. The van der Waals surface area contributed by atoms with Crippen molar-refractivity contribution in [2.24, 2.45) is 5.41 Å². The predicted octanol–water partition coefficient (Wildman–Crippen LogP) is 4.12. The summed E-state index contributed by atoms with van der Waals surface area (Å²) in [5, 5.41) is 11.6. The number of nitrogens with one attached hydrogen (secondary N) is 1. The van der Waals surface area contributed by atoms with E-state index in [0.29, 0.717) is 56.2 Å². The van der Waals surface area contributed by atoms with Gasteiger partial charge in [-0.25, -0.2) is 4.68 Å². The number of methoxy groups -OCH3 is 1. The molecule has 1 aromatic heterocycles. The molecular weight excluding hydrogens is 494 g/mol. The van der Waals surface area contributed by atoms with Gasteiger partial charge in [0, 0.05) is 19.6 Å². The van der Waals surface area contributed by atoms with Crippen molar-refractivity contribution >= 4 is 11.8 Å². The van der Waals surface area contributed by atoms with E-state index in [4.69, 9.17) is 9.47 Å². The number of aromatic nitrogens is 3. The van der Waals surface area contributed by atoms with Gasteiger partial charge in [0.1, 0.15) is 17.2 Å². The SMILES string of the molecule is COc1ccccc1-n1nnc(C(=O)N2CCC3(CCCCc4ccccc4OCCCNC3=O)CC2)c1C. The second-order valence-corrected chi connectivity index (χ2v) is 10.5. The maximum Gasteiger partial charge on any atom is 0.276 e. The molecule has 2 aliphatic heterocycles. The Morgan fingerprint density at radius 1 is 1.03 bits per heavy atom. The van der Waals surface area contributed by atoms with Gasteiger partial charge in [-0.1, -0.05) is 42.0 Å². The Morgan fingerprint density at radius 2 is 1.79 bits per heavy atom. The number of carbonyl (C=O) groups excluding carboxylic acids is 2. The normalized spacial score (nSPS) is 18.1. The molecule has 39 heavy (non-hydrogen) atoms. The monoisotopic (exact) mass is 531 g/mol. The summed E-state index contributed by atoms with van der Waals surface area (Å²) in [6, 6.07) is 15.7. The fourth-order valence-electron chi connectivity index (χ4n) is 5.71. The number of fused-ring (bicyclic) bond motifs is 1. The lowest BCUT2D eigenvalue weighted by Gasteiger charge is -2.40. The molecule has 0 saturated carbocycles. The molecular formula is C30H37N5O4. The van der Waals surface area contributed by atoms with Gasteiger partial charge in [0.25, 0.3) is 5.91 Å². The van der Waals surface area contributed by atoms with Crippen molar-refractivity contribution in [1.82, 2.24) is 25.2 Å². The number of amides is 2. The average Bonchev–Trinajstić information content (AvgIpc) is 3.36. The smallest absolute Gasteiger partial charge is 0.276 e. The van der Waals surface area contributed by atoms with Crippen molar-refractivity contribution in [3.63, 3.8) is 0 Å². The summed E-state index contributed by atoms with van der Waals surface area (Å²) in [4.78, 5) is 28.8. The summed E-state index contributed by atoms with van der Waals surface area (Å²) in [6.45, 7) is 4.02. The molecule has 0 bridgehead atoms. The van der Waals surface area contributed by atoms with Crippen LogP contribution in [-0.4, -0.2) is 65.1 Å². The van der Waals surface area contributed by atoms with E-state index in [9.17, 15) is 9.59 Å². The van der Waals surface area contributed by atoms with E-state index in [2.05, 4.69) is 27.8 Å².